The Morgan fingerprint density at radius 1 is 1.41 bits per heavy atom. The van der Waals surface area contributed by atoms with Crippen LogP contribution in [-0.4, -0.2) is 16.8 Å². The highest BCUT2D eigenvalue weighted by atomic mass is 32.2. The molecule has 2 aromatic rings. The van der Waals surface area contributed by atoms with Crippen molar-refractivity contribution in [2.45, 2.75) is 22.6 Å². The number of hydrogen-bond acceptors (Lipinski definition) is 6. The molecule has 17 heavy (non-hydrogen) atoms. The van der Waals surface area contributed by atoms with Crippen LogP contribution in [0.3, 0.4) is 0 Å². The number of anilines is 1. The minimum atomic E-state index is 0.700. The van der Waals surface area contributed by atoms with Crippen LogP contribution in [0.15, 0.2) is 32.9 Å². The van der Waals surface area contributed by atoms with Crippen molar-refractivity contribution in [3.05, 3.63) is 23.7 Å². The molecular weight excluding hydrogens is 254 g/mol. The summed E-state index contributed by atoms with van der Waals surface area (Å²) in [5.74, 6) is 0.805. The minimum absolute atomic E-state index is 0.700. The molecule has 0 radical (unpaired) electrons. The molecular formula is C11H13N3OS2. The Morgan fingerprint density at radius 2 is 2.29 bits per heavy atom. The molecule has 1 heterocycles. The van der Waals surface area contributed by atoms with Gasteiger partial charge in [-0.1, -0.05) is 30.0 Å². The molecule has 0 saturated carbocycles. The Labute approximate surface area is 108 Å². The van der Waals surface area contributed by atoms with Gasteiger partial charge in [0.25, 0.3) is 0 Å². The summed E-state index contributed by atoms with van der Waals surface area (Å²) in [5.41, 5.74) is 8.25. The fourth-order valence-electron chi connectivity index (χ4n) is 1.26. The zero-order chi connectivity index (χ0) is 12.1. The highest BCUT2D eigenvalue weighted by Gasteiger charge is 2.04. The van der Waals surface area contributed by atoms with Crippen LogP contribution in [0.5, 0.6) is 5.75 Å². The third-order valence-electron chi connectivity index (χ3n) is 1.92. The lowest BCUT2D eigenvalue weighted by molar-refractivity contribution is 0.317. The van der Waals surface area contributed by atoms with Gasteiger partial charge in [-0.3, -0.25) is 0 Å². The largest absolute Gasteiger partial charge is 0.493 e. The van der Waals surface area contributed by atoms with Crippen LogP contribution in [0, 0.1) is 0 Å². The van der Waals surface area contributed by atoms with E-state index in [0.29, 0.717) is 12.3 Å². The standard InChI is InChI=1S/C11H13N3OS2/c1-2-3-15-9-4-8(12)5-10(6-9)17-11-14-13-7-16-11/h4-7H,2-3,12H2,1H3. The van der Waals surface area contributed by atoms with Gasteiger partial charge < -0.3 is 10.5 Å². The van der Waals surface area contributed by atoms with Crippen LogP contribution >= 0.6 is 23.1 Å². The van der Waals surface area contributed by atoms with Crippen LogP contribution < -0.4 is 10.5 Å². The molecule has 6 heteroatoms. The van der Waals surface area contributed by atoms with Crippen LogP contribution in [-0.2, 0) is 0 Å². The number of nitrogen functional groups attached to an aromatic ring is 1. The lowest BCUT2D eigenvalue weighted by atomic mass is 10.3. The normalized spacial score (nSPS) is 10.4. The molecule has 0 amide bonds. The van der Waals surface area contributed by atoms with Gasteiger partial charge in [-0.2, -0.15) is 0 Å². The van der Waals surface area contributed by atoms with Gasteiger partial charge in [-0.15, -0.1) is 10.2 Å². The van der Waals surface area contributed by atoms with Crippen molar-refractivity contribution in [3.8, 4) is 5.75 Å². The number of nitrogens with two attached hydrogens (primary N) is 1. The van der Waals surface area contributed by atoms with E-state index < -0.39 is 0 Å². The lowest BCUT2D eigenvalue weighted by Gasteiger charge is -2.07. The SMILES string of the molecule is CCCOc1cc(N)cc(Sc2nncs2)c1. The van der Waals surface area contributed by atoms with Crippen molar-refractivity contribution in [3.63, 3.8) is 0 Å². The van der Waals surface area contributed by atoms with Crippen molar-refractivity contribution in [1.82, 2.24) is 10.2 Å². The molecule has 0 aliphatic rings. The number of aromatic nitrogens is 2. The van der Waals surface area contributed by atoms with Crippen LogP contribution in [0.25, 0.3) is 0 Å². The number of nitrogens with zero attached hydrogens (tertiary/aromatic N) is 2. The van der Waals surface area contributed by atoms with Gasteiger partial charge in [0.2, 0.25) is 0 Å². The molecule has 1 aromatic carbocycles. The van der Waals surface area contributed by atoms with Crippen molar-refractivity contribution >= 4 is 28.8 Å². The second-order valence-corrected chi connectivity index (χ2v) is 5.55. The summed E-state index contributed by atoms with van der Waals surface area (Å²) in [6.45, 7) is 2.77. The van der Waals surface area contributed by atoms with E-state index in [1.807, 2.05) is 18.2 Å². The first-order valence-corrected chi connectivity index (χ1v) is 6.95. The van der Waals surface area contributed by atoms with E-state index in [-0.39, 0.29) is 0 Å². The van der Waals surface area contributed by atoms with Gasteiger partial charge in [0.15, 0.2) is 4.34 Å². The summed E-state index contributed by atoms with van der Waals surface area (Å²) in [4.78, 5) is 1.02. The zero-order valence-corrected chi connectivity index (χ0v) is 11.1. The molecule has 0 bridgehead atoms. The Hall–Kier alpha value is -1.27. The molecule has 0 unspecified atom stereocenters. The Balaban J connectivity index is 2.13. The highest BCUT2D eigenvalue weighted by Crippen LogP contribution is 2.32. The molecule has 2 N–H and O–H groups in total. The molecule has 0 aliphatic heterocycles. The van der Waals surface area contributed by atoms with Gasteiger partial charge in [0.1, 0.15) is 11.3 Å². The molecule has 1 aromatic heterocycles. The predicted molar refractivity (Wildman–Crippen MR) is 70.7 cm³/mol. The van der Waals surface area contributed by atoms with Crippen LogP contribution in [0.2, 0.25) is 0 Å². The number of rotatable bonds is 5. The van der Waals surface area contributed by atoms with Crippen LogP contribution in [0.1, 0.15) is 13.3 Å². The Morgan fingerprint density at radius 3 is 3.00 bits per heavy atom. The average Bonchev–Trinajstić information content (AvgIpc) is 2.78. The second-order valence-electron chi connectivity index (χ2n) is 3.39. The fraction of sp³-hybridized carbons (Fsp3) is 0.273. The third-order valence-corrected chi connectivity index (χ3v) is 3.67. The molecule has 0 spiro atoms. The molecule has 0 aliphatic carbocycles. The number of hydrogen-bond donors (Lipinski definition) is 1. The maximum atomic E-state index is 5.83. The van der Waals surface area contributed by atoms with Crippen LogP contribution in [0.4, 0.5) is 5.69 Å². The predicted octanol–water partition coefficient (Wildman–Crippen LogP) is 3.06. The summed E-state index contributed by atoms with van der Waals surface area (Å²) in [5, 5.41) is 7.78. The molecule has 0 saturated heterocycles. The van der Waals surface area contributed by atoms with E-state index in [2.05, 4.69) is 17.1 Å². The van der Waals surface area contributed by atoms with E-state index in [4.69, 9.17) is 10.5 Å². The molecule has 2 rings (SSSR count). The van der Waals surface area contributed by atoms with E-state index in [0.717, 1.165) is 21.4 Å². The first-order valence-electron chi connectivity index (χ1n) is 5.25. The highest BCUT2D eigenvalue weighted by molar-refractivity contribution is 8.01. The first-order chi connectivity index (χ1) is 8.28. The van der Waals surface area contributed by atoms with Gasteiger partial charge in [-0.25, -0.2) is 0 Å². The summed E-state index contributed by atoms with van der Waals surface area (Å²) < 4.78 is 6.47. The average molecular weight is 267 g/mol. The van der Waals surface area contributed by atoms with Crippen molar-refractivity contribution in [2.24, 2.45) is 0 Å². The van der Waals surface area contributed by atoms with Gasteiger partial charge in [0, 0.05) is 16.6 Å². The van der Waals surface area contributed by atoms with E-state index >= 15 is 0 Å². The zero-order valence-electron chi connectivity index (χ0n) is 9.42. The quantitative estimate of drug-likeness (QED) is 0.844. The monoisotopic (exact) mass is 267 g/mol. The maximum Gasteiger partial charge on any atom is 0.178 e. The minimum Gasteiger partial charge on any atom is -0.493 e. The van der Waals surface area contributed by atoms with Crippen molar-refractivity contribution in [1.29, 1.82) is 0 Å². The smallest absolute Gasteiger partial charge is 0.178 e. The topological polar surface area (TPSA) is 61.0 Å². The first kappa shape index (κ1) is 12.2. The van der Waals surface area contributed by atoms with E-state index in [1.165, 1.54) is 11.3 Å². The van der Waals surface area contributed by atoms with Gasteiger partial charge in [-0.05, 0) is 18.6 Å². The summed E-state index contributed by atoms with van der Waals surface area (Å²) in [7, 11) is 0. The molecule has 4 nitrogen and oxygen atoms in total. The van der Waals surface area contributed by atoms with Crippen molar-refractivity contribution < 1.29 is 4.74 Å². The molecule has 90 valence electrons. The maximum absolute atomic E-state index is 5.83. The summed E-state index contributed by atoms with van der Waals surface area (Å²) in [6, 6.07) is 5.71. The summed E-state index contributed by atoms with van der Waals surface area (Å²) in [6.07, 6.45) is 0.980. The number of benzene rings is 1. The fourth-order valence-corrected chi connectivity index (χ4v) is 2.81. The van der Waals surface area contributed by atoms with Crippen molar-refractivity contribution in [2.75, 3.05) is 12.3 Å². The molecule has 0 fully saturated rings. The Kier molecular flexibility index (Phi) is 4.22. The molecule has 0 atom stereocenters. The Bertz CT molecular complexity index is 474. The van der Waals surface area contributed by atoms with E-state index in [1.54, 1.807) is 17.3 Å². The number of ether oxygens (including phenoxy) is 1. The van der Waals surface area contributed by atoms with Gasteiger partial charge in [0.05, 0.1) is 6.61 Å². The second kappa shape index (κ2) is 5.88. The third kappa shape index (κ3) is 3.61. The lowest BCUT2D eigenvalue weighted by Crippen LogP contribution is -1.96. The van der Waals surface area contributed by atoms with E-state index in [9.17, 15) is 0 Å². The summed E-state index contributed by atoms with van der Waals surface area (Å²) >= 11 is 3.05. The van der Waals surface area contributed by atoms with Gasteiger partial charge >= 0.3 is 0 Å².